The Morgan fingerprint density at radius 1 is 1.21 bits per heavy atom. The molecule has 1 atom stereocenters. The molecule has 0 saturated carbocycles. The van der Waals surface area contributed by atoms with Crippen molar-refractivity contribution in [2.75, 3.05) is 13.1 Å². The number of alkyl carbamates (subject to hydrolysis) is 1. The summed E-state index contributed by atoms with van der Waals surface area (Å²) in [5.41, 5.74) is -0.762. The van der Waals surface area contributed by atoms with Crippen molar-refractivity contribution < 1.29 is 23.1 Å². The predicted molar refractivity (Wildman–Crippen MR) is 67.5 cm³/mol. The molecule has 0 spiro atoms. The number of halogens is 3. The van der Waals surface area contributed by atoms with Crippen LogP contribution in [0.4, 0.5) is 13.6 Å². The van der Waals surface area contributed by atoms with Gasteiger partial charge in [-0.1, -0.05) is 0 Å². The molecule has 2 amide bonds. The van der Waals surface area contributed by atoms with Gasteiger partial charge >= 0.3 is 6.09 Å². The van der Waals surface area contributed by atoms with Gasteiger partial charge in [-0.2, -0.15) is 0 Å². The van der Waals surface area contributed by atoms with Crippen LogP contribution >= 0.6 is 11.6 Å². The Balaban J connectivity index is 4.10. The average Bonchev–Trinajstić information content (AvgIpc) is 2.21. The van der Waals surface area contributed by atoms with Gasteiger partial charge in [0.05, 0.1) is 13.1 Å². The summed E-state index contributed by atoms with van der Waals surface area (Å²) in [5, 5.41) is 3.02. The van der Waals surface area contributed by atoms with E-state index in [9.17, 15) is 18.4 Å². The van der Waals surface area contributed by atoms with Crippen LogP contribution in [0.15, 0.2) is 0 Å². The highest BCUT2D eigenvalue weighted by molar-refractivity contribution is 6.30. The maximum absolute atomic E-state index is 13.3. The van der Waals surface area contributed by atoms with Gasteiger partial charge in [0.15, 0.2) is 0 Å². The molecule has 0 heterocycles. The van der Waals surface area contributed by atoms with E-state index < -0.39 is 42.0 Å². The van der Waals surface area contributed by atoms with Gasteiger partial charge in [-0.15, -0.1) is 11.6 Å². The molecule has 2 N–H and O–H groups in total. The minimum Gasteiger partial charge on any atom is -0.444 e. The summed E-state index contributed by atoms with van der Waals surface area (Å²) in [4.78, 5) is 22.2. The molecule has 0 aromatic heterocycles. The lowest BCUT2D eigenvalue weighted by Crippen LogP contribution is -2.47. The summed E-state index contributed by atoms with van der Waals surface area (Å²) in [5.74, 6) is -3.98. The van der Waals surface area contributed by atoms with Crippen molar-refractivity contribution >= 4 is 23.6 Å². The van der Waals surface area contributed by atoms with Crippen molar-refractivity contribution in [2.45, 2.75) is 44.6 Å². The highest BCUT2D eigenvalue weighted by atomic mass is 35.5. The van der Waals surface area contributed by atoms with Crippen LogP contribution in [-0.2, 0) is 9.53 Å². The van der Waals surface area contributed by atoms with E-state index in [0.717, 1.165) is 0 Å². The van der Waals surface area contributed by atoms with Gasteiger partial charge in [-0.05, 0) is 27.7 Å². The molecule has 0 saturated heterocycles. The van der Waals surface area contributed by atoms with E-state index in [2.05, 4.69) is 0 Å². The molecule has 0 aromatic rings. The van der Waals surface area contributed by atoms with Crippen LogP contribution in [-0.4, -0.2) is 42.0 Å². The molecular weight excluding hydrogens is 282 g/mol. The molecule has 8 heteroatoms. The van der Waals surface area contributed by atoms with Gasteiger partial charge in [0.1, 0.15) is 11.0 Å². The number of carbonyl (C=O) groups is 2. The molecule has 0 rings (SSSR count). The summed E-state index contributed by atoms with van der Waals surface area (Å²) >= 11 is 5.41. The summed E-state index contributed by atoms with van der Waals surface area (Å²) in [6.07, 6.45) is -0.941. The number of ether oxygens (including phenoxy) is 1. The van der Waals surface area contributed by atoms with Gasteiger partial charge < -0.3 is 15.4 Å². The van der Waals surface area contributed by atoms with Gasteiger partial charge in [-0.25, -0.2) is 13.6 Å². The number of rotatable bonds is 5. The van der Waals surface area contributed by atoms with Crippen LogP contribution in [0.3, 0.4) is 0 Å². The largest absolute Gasteiger partial charge is 0.444 e. The maximum atomic E-state index is 13.3. The monoisotopic (exact) mass is 300 g/mol. The molecule has 0 aliphatic heterocycles. The fourth-order valence-electron chi connectivity index (χ4n) is 0.935. The molecule has 1 unspecified atom stereocenters. The maximum Gasteiger partial charge on any atom is 0.407 e. The van der Waals surface area contributed by atoms with E-state index in [1.165, 1.54) is 6.92 Å². The molecule has 112 valence electrons. The second-order valence-corrected chi connectivity index (χ2v) is 5.70. The van der Waals surface area contributed by atoms with E-state index in [-0.39, 0.29) is 0 Å². The highest BCUT2D eigenvalue weighted by Gasteiger charge is 2.31. The number of amides is 2. The van der Waals surface area contributed by atoms with Gasteiger partial charge in [-0.3, -0.25) is 4.79 Å². The minimum absolute atomic E-state index is 0.696. The molecule has 0 aliphatic rings. The van der Waals surface area contributed by atoms with Gasteiger partial charge in [0, 0.05) is 0 Å². The molecule has 0 aliphatic carbocycles. The van der Waals surface area contributed by atoms with Crippen molar-refractivity contribution in [3.8, 4) is 0 Å². The third-order valence-corrected chi connectivity index (χ3v) is 1.97. The van der Waals surface area contributed by atoms with Gasteiger partial charge in [0.25, 0.3) is 5.92 Å². The lowest BCUT2D eigenvalue weighted by Gasteiger charge is -2.22. The Bertz CT molecular complexity index is 330. The molecule has 0 fully saturated rings. The van der Waals surface area contributed by atoms with Crippen molar-refractivity contribution in [3.05, 3.63) is 0 Å². The smallest absolute Gasteiger partial charge is 0.407 e. The molecule has 0 aromatic carbocycles. The Labute approximate surface area is 116 Å². The standard InChI is InChI=1S/C11H19ClF2N2O3/c1-7(12)8(17)15-5-11(13,14)6-16-9(18)19-10(2,3)4/h7H,5-6H2,1-4H3,(H,15,17)(H,16,18). The van der Waals surface area contributed by atoms with Crippen LogP contribution in [0.5, 0.6) is 0 Å². The first kappa shape index (κ1) is 17.9. The number of alkyl halides is 3. The Morgan fingerprint density at radius 2 is 1.68 bits per heavy atom. The van der Waals surface area contributed by atoms with E-state index >= 15 is 0 Å². The number of hydrogen-bond donors (Lipinski definition) is 2. The normalized spacial score (nSPS) is 13.6. The average molecular weight is 301 g/mol. The van der Waals surface area contributed by atoms with Crippen molar-refractivity contribution in [3.63, 3.8) is 0 Å². The summed E-state index contributed by atoms with van der Waals surface area (Å²) in [6.45, 7) is 4.39. The molecule has 19 heavy (non-hydrogen) atoms. The second-order valence-electron chi connectivity index (χ2n) is 5.05. The topological polar surface area (TPSA) is 67.4 Å². The zero-order chi connectivity index (χ0) is 15.3. The Morgan fingerprint density at radius 3 is 2.11 bits per heavy atom. The lowest BCUT2D eigenvalue weighted by molar-refractivity contribution is -0.122. The molecule has 5 nitrogen and oxygen atoms in total. The number of nitrogens with one attached hydrogen (secondary N) is 2. The Hall–Kier alpha value is -1.11. The lowest BCUT2D eigenvalue weighted by atomic mass is 10.2. The van der Waals surface area contributed by atoms with Crippen molar-refractivity contribution in [1.82, 2.24) is 10.6 Å². The highest BCUT2D eigenvalue weighted by Crippen LogP contribution is 2.12. The SMILES string of the molecule is CC(Cl)C(=O)NCC(F)(F)CNC(=O)OC(C)(C)C. The molecular formula is C11H19ClF2N2O3. The predicted octanol–water partition coefficient (Wildman–Crippen LogP) is 1.89. The quantitative estimate of drug-likeness (QED) is 0.762. The summed E-state index contributed by atoms with van der Waals surface area (Å²) in [6, 6.07) is 0. The van der Waals surface area contributed by atoms with Gasteiger partial charge in [0.2, 0.25) is 5.91 Å². The van der Waals surface area contributed by atoms with Crippen molar-refractivity contribution in [1.29, 1.82) is 0 Å². The molecule has 0 radical (unpaired) electrons. The minimum atomic E-state index is -3.28. The zero-order valence-corrected chi connectivity index (χ0v) is 12.1. The van der Waals surface area contributed by atoms with Crippen LogP contribution in [0, 0.1) is 0 Å². The van der Waals surface area contributed by atoms with E-state index in [1.807, 2.05) is 10.6 Å². The molecule has 0 bridgehead atoms. The Kier molecular flexibility index (Phi) is 6.48. The van der Waals surface area contributed by atoms with Crippen LogP contribution in [0.2, 0.25) is 0 Å². The summed E-state index contributed by atoms with van der Waals surface area (Å²) in [7, 11) is 0. The second kappa shape index (κ2) is 6.88. The zero-order valence-electron chi connectivity index (χ0n) is 11.4. The van der Waals surface area contributed by atoms with Crippen LogP contribution in [0.25, 0.3) is 0 Å². The van der Waals surface area contributed by atoms with E-state index in [1.54, 1.807) is 20.8 Å². The van der Waals surface area contributed by atoms with E-state index in [0.29, 0.717) is 0 Å². The van der Waals surface area contributed by atoms with Crippen molar-refractivity contribution in [2.24, 2.45) is 0 Å². The first-order chi connectivity index (χ1) is 8.43. The van der Waals surface area contributed by atoms with Crippen LogP contribution in [0.1, 0.15) is 27.7 Å². The summed E-state index contributed by atoms with van der Waals surface area (Å²) < 4.78 is 31.4. The first-order valence-corrected chi connectivity index (χ1v) is 6.13. The number of carbonyl (C=O) groups excluding carboxylic acids is 2. The van der Waals surface area contributed by atoms with E-state index in [4.69, 9.17) is 16.3 Å². The number of hydrogen-bond acceptors (Lipinski definition) is 3. The van der Waals surface area contributed by atoms with Crippen LogP contribution < -0.4 is 10.6 Å². The fourth-order valence-corrected chi connectivity index (χ4v) is 1.01. The third-order valence-electron chi connectivity index (χ3n) is 1.77. The third kappa shape index (κ3) is 9.47. The fraction of sp³-hybridized carbons (Fsp3) is 0.818. The first-order valence-electron chi connectivity index (χ1n) is 5.69.